The Morgan fingerprint density at radius 3 is 2.35 bits per heavy atom. The van der Waals surface area contributed by atoms with Crippen LogP contribution in [0.2, 0.25) is 0 Å². The lowest BCUT2D eigenvalue weighted by atomic mass is 10.2. The average Bonchev–Trinajstić information content (AvgIpc) is 2.85. The summed E-state index contributed by atoms with van der Waals surface area (Å²) in [6.45, 7) is -0.777. The fraction of sp³-hybridized carbons (Fsp3) is 0.182. The predicted octanol–water partition coefficient (Wildman–Crippen LogP) is 1.99. The zero-order valence-corrected chi connectivity index (χ0v) is 20.9. The highest BCUT2D eigenvalue weighted by Crippen LogP contribution is 2.27. The highest BCUT2D eigenvalue weighted by Gasteiger charge is 2.18. The Bertz CT molecular complexity index is 1550. The Hall–Kier alpha value is -3.98. The Kier molecular flexibility index (Phi) is 8.49. The minimum Gasteiger partial charge on any atom is -0.452 e. The number of anilines is 2. The molecule has 37 heavy (non-hydrogen) atoms. The van der Waals surface area contributed by atoms with Crippen molar-refractivity contribution in [3.8, 4) is 0 Å². The lowest BCUT2D eigenvalue weighted by molar-refractivity contribution is -0.119. The third-order valence-corrected chi connectivity index (χ3v) is 6.94. The van der Waals surface area contributed by atoms with Crippen LogP contribution in [-0.4, -0.2) is 41.8 Å². The molecule has 0 spiro atoms. The molecule has 2 aromatic carbocycles. The van der Waals surface area contributed by atoms with E-state index in [2.05, 4.69) is 10.0 Å². The van der Waals surface area contributed by atoms with Crippen LogP contribution in [0.3, 0.4) is 0 Å². The highest BCUT2D eigenvalue weighted by molar-refractivity contribution is 7.99. The van der Waals surface area contributed by atoms with Gasteiger partial charge < -0.3 is 10.1 Å². The van der Waals surface area contributed by atoms with E-state index in [4.69, 9.17) is 4.74 Å². The number of nitrogens with one attached hydrogen (secondary N) is 2. The maximum atomic E-state index is 12.7. The molecule has 1 heterocycles. The zero-order valence-electron chi connectivity index (χ0n) is 19.3. The summed E-state index contributed by atoms with van der Waals surface area (Å²) in [4.78, 5) is 48.2. The van der Waals surface area contributed by atoms with Crippen LogP contribution in [0.4, 0.5) is 20.3 Å². The summed E-state index contributed by atoms with van der Waals surface area (Å²) in [5.41, 5.74) is -1.37. The number of benzene rings is 2. The fourth-order valence-corrected chi connectivity index (χ4v) is 4.56. The van der Waals surface area contributed by atoms with Gasteiger partial charge in [-0.15, -0.1) is 0 Å². The average molecular weight is 555 g/mol. The van der Waals surface area contributed by atoms with E-state index in [1.54, 1.807) is 0 Å². The van der Waals surface area contributed by atoms with Gasteiger partial charge in [0.2, 0.25) is 0 Å². The standard InChI is InChI=1S/C22H20F2N4O7S2/c1-27-17(11-19(30)28(2)22(27)32)25-18(29)12-35-20(31)13-4-3-5-16(10-13)37(33,34)26-14-6-8-15(9-7-14)36-21(23)24/h3-11,21,26H,12H2,1-2H3,(H,25,29). The molecule has 11 nitrogen and oxygen atoms in total. The number of amides is 1. The Labute approximate surface area is 213 Å². The van der Waals surface area contributed by atoms with Gasteiger partial charge in [-0.2, -0.15) is 8.78 Å². The van der Waals surface area contributed by atoms with Crippen molar-refractivity contribution in [2.24, 2.45) is 14.1 Å². The van der Waals surface area contributed by atoms with Gasteiger partial charge in [0.15, 0.2) is 6.61 Å². The summed E-state index contributed by atoms with van der Waals surface area (Å²) >= 11 is 0.316. The first-order valence-corrected chi connectivity index (χ1v) is 12.7. The predicted molar refractivity (Wildman–Crippen MR) is 131 cm³/mol. The first-order chi connectivity index (χ1) is 17.4. The molecule has 0 saturated carbocycles. The SMILES string of the molecule is Cn1c(NC(=O)COC(=O)c2cccc(S(=O)(=O)Nc3ccc(SC(F)F)cc3)c2)cc(=O)n(C)c1=O. The molecule has 0 fully saturated rings. The molecule has 196 valence electrons. The fourth-order valence-electron chi connectivity index (χ4n) is 2.95. The van der Waals surface area contributed by atoms with Crippen LogP contribution in [0, 0.1) is 0 Å². The summed E-state index contributed by atoms with van der Waals surface area (Å²) in [5.74, 6) is -4.56. The molecule has 0 atom stereocenters. The van der Waals surface area contributed by atoms with E-state index >= 15 is 0 Å². The van der Waals surface area contributed by atoms with Crippen molar-refractivity contribution >= 4 is 45.2 Å². The molecule has 0 aliphatic carbocycles. The topological polar surface area (TPSA) is 146 Å². The van der Waals surface area contributed by atoms with Crippen molar-refractivity contribution in [3.63, 3.8) is 0 Å². The molecule has 0 saturated heterocycles. The van der Waals surface area contributed by atoms with Gasteiger partial charge in [0.1, 0.15) is 5.82 Å². The largest absolute Gasteiger partial charge is 0.452 e. The van der Waals surface area contributed by atoms with Crippen LogP contribution < -0.4 is 21.3 Å². The maximum Gasteiger partial charge on any atom is 0.338 e. The first-order valence-electron chi connectivity index (χ1n) is 10.3. The first kappa shape index (κ1) is 27.6. The molecular formula is C22H20F2N4O7S2. The lowest BCUT2D eigenvalue weighted by Gasteiger charge is -2.11. The third kappa shape index (κ3) is 7.04. The molecule has 0 radical (unpaired) electrons. The van der Waals surface area contributed by atoms with Gasteiger partial charge in [-0.1, -0.05) is 17.8 Å². The molecule has 0 aliphatic heterocycles. The second-order valence-electron chi connectivity index (χ2n) is 7.43. The number of hydrogen-bond acceptors (Lipinski definition) is 8. The molecular weight excluding hydrogens is 534 g/mol. The van der Waals surface area contributed by atoms with Gasteiger partial charge in [0.05, 0.1) is 10.5 Å². The minimum atomic E-state index is -4.15. The highest BCUT2D eigenvalue weighted by atomic mass is 32.2. The Morgan fingerprint density at radius 1 is 1.03 bits per heavy atom. The van der Waals surface area contributed by atoms with Crippen LogP contribution in [0.15, 0.2) is 74.0 Å². The third-order valence-electron chi connectivity index (χ3n) is 4.84. The Morgan fingerprint density at radius 2 is 1.70 bits per heavy atom. The number of sulfonamides is 1. The van der Waals surface area contributed by atoms with E-state index in [-0.39, 0.29) is 26.9 Å². The number of thioether (sulfide) groups is 1. The van der Waals surface area contributed by atoms with Crippen molar-refractivity contribution < 1.29 is 31.5 Å². The second kappa shape index (κ2) is 11.4. The maximum absolute atomic E-state index is 12.7. The monoisotopic (exact) mass is 554 g/mol. The summed E-state index contributed by atoms with van der Waals surface area (Å²) < 4.78 is 59.4. The Balaban J connectivity index is 1.65. The summed E-state index contributed by atoms with van der Waals surface area (Å²) in [5, 5.41) is 2.29. The molecule has 3 rings (SSSR count). The number of esters is 1. The molecule has 15 heteroatoms. The summed E-state index contributed by atoms with van der Waals surface area (Å²) in [7, 11) is -1.54. The van der Waals surface area contributed by atoms with Crippen LogP contribution in [0.5, 0.6) is 0 Å². The number of ether oxygens (including phenoxy) is 1. The van der Waals surface area contributed by atoms with Gasteiger partial charge in [0.25, 0.3) is 27.2 Å². The molecule has 1 aromatic heterocycles. The zero-order chi connectivity index (χ0) is 27.3. The van der Waals surface area contributed by atoms with E-state index in [0.717, 1.165) is 21.3 Å². The van der Waals surface area contributed by atoms with Crippen molar-refractivity contribution in [2.75, 3.05) is 16.6 Å². The molecule has 3 aromatic rings. The summed E-state index contributed by atoms with van der Waals surface area (Å²) in [6, 6.07) is 11.2. The van der Waals surface area contributed by atoms with E-state index in [0.29, 0.717) is 11.8 Å². The summed E-state index contributed by atoms with van der Waals surface area (Å²) in [6.07, 6.45) is 0. The van der Waals surface area contributed by atoms with Crippen LogP contribution in [-0.2, 0) is 33.7 Å². The number of alkyl halides is 2. The number of carbonyl (C=O) groups excluding carboxylic acids is 2. The van der Waals surface area contributed by atoms with Crippen LogP contribution >= 0.6 is 11.8 Å². The van der Waals surface area contributed by atoms with Gasteiger partial charge in [-0.25, -0.2) is 18.0 Å². The van der Waals surface area contributed by atoms with E-state index < -0.39 is 45.5 Å². The van der Waals surface area contributed by atoms with Crippen LogP contribution in [0.1, 0.15) is 10.4 Å². The quantitative estimate of drug-likeness (QED) is 0.302. The molecule has 0 unspecified atom stereocenters. The molecule has 2 N–H and O–H groups in total. The molecule has 0 aliphatic rings. The number of aromatic nitrogens is 2. The van der Waals surface area contributed by atoms with Crippen molar-refractivity contribution in [3.05, 3.63) is 81.0 Å². The normalized spacial score (nSPS) is 11.3. The van der Waals surface area contributed by atoms with Crippen molar-refractivity contribution in [1.82, 2.24) is 9.13 Å². The number of carbonyl (C=O) groups is 2. The minimum absolute atomic E-state index is 0.103. The van der Waals surface area contributed by atoms with E-state index in [1.165, 1.54) is 56.6 Å². The van der Waals surface area contributed by atoms with E-state index in [9.17, 15) is 36.4 Å². The van der Waals surface area contributed by atoms with Gasteiger partial charge >= 0.3 is 11.7 Å². The number of hydrogen-bond donors (Lipinski definition) is 2. The van der Waals surface area contributed by atoms with Gasteiger partial charge in [0, 0.05) is 30.7 Å². The lowest BCUT2D eigenvalue weighted by Crippen LogP contribution is -2.38. The van der Waals surface area contributed by atoms with Gasteiger partial charge in [-0.3, -0.25) is 23.4 Å². The number of nitrogens with zero attached hydrogens (tertiary/aromatic N) is 2. The van der Waals surface area contributed by atoms with Crippen molar-refractivity contribution in [2.45, 2.75) is 15.5 Å². The number of rotatable bonds is 9. The van der Waals surface area contributed by atoms with E-state index in [1.807, 2.05) is 0 Å². The molecule has 0 bridgehead atoms. The van der Waals surface area contributed by atoms with Gasteiger partial charge in [-0.05, 0) is 42.5 Å². The van der Waals surface area contributed by atoms with Crippen LogP contribution in [0.25, 0.3) is 0 Å². The van der Waals surface area contributed by atoms with Crippen molar-refractivity contribution in [1.29, 1.82) is 0 Å². The second-order valence-corrected chi connectivity index (χ2v) is 10.2. The molecule has 1 amide bonds. The number of halogens is 2. The smallest absolute Gasteiger partial charge is 0.338 e.